The lowest BCUT2D eigenvalue weighted by Crippen LogP contribution is -2.37. The smallest absolute Gasteiger partial charge is 0.0546 e. The van der Waals surface area contributed by atoms with Crippen LogP contribution in [0.25, 0.3) is 0 Å². The fraction of sp³-hybridized carbons (Fsp3) is 1.00. The van der Waals surface area contributed by atoms with Gasteiger partial charge in [0.25, 0.3) is 0 Å². The molecule has 0 radical (unpaired) electrons. The Bertz CT molecular complexity index is 108. The molecule has 0 heterocycles. The summed E-state index contributed by atoms with van der Waals surface area (Å²) in [7, 11) is 0. The summed E-state index contributed by atoms with van der Waals surface area (Å²) < 4.78 is 0. The second kappa shape index (κ2) is 10.9. The lowest BCUT2D eigenvalue weighted by atomic mass is 10.2. The van der Waals surface area contributed by atoms with E-state index in [1.807, 2.05) is 0 Å². The second-order valence-corrected chi connectivity index (χ2v) is 3.69. The Labute approximate surface area is 87.6 Å². The number of hydrogen-bond acceptors (Lipinski definition) is 4. The Balaban J connectivity index is 3.06. The highest BCUT2D eigenvalue weighted by atomic mass is 15.0. The third-order valence-electron chi connectivity index (χ3n) is 2.26. The zero-order valence-electron chi connectivity index (χ0n) is 9.17. The normalized spacial score (nSPS) is 13.1. The minimum absolute atomic E-state index is 0.138. The minimum atomic E-state index is 0.138. The second-order valence-electron chi connectivity index (χ2n) is 3.69. The highest BCUT2D eigenvalue weighted by molar-refractivity contribution is 4.59. The molecule has 0 aliphatic carbocycles. The van der Waals surface area contributed by atoms with Crippen molar-refractivity contribution in [3.63, 3.8) is 0 Å². The van der Waals surface area contributed by atoms with Crippen molar-refractivity contribution in [1.82, 2.24) is 5.32 Å². The Morgan fingerprint density at radius 3 is 2.14 bits per heavy atom. The molecule has 0 aliphatic heterocycles. The van der Waals surface area contributed by atoms with E-state index in [1.54, 1.807) is 0 Å². The molecule has 0 fully saturated rings. The molecule has 0 saturated carbocycles. The molecule has 0 spiro atoms. The number of rotatable bonds is 10. The van der Waals surface area contributed by atoms with E-state index in [0.717, 1.165) is 45.3 Å². The predicted octanol–water partition coefficient (Wildman–Crippen LogP) is 0.119. The van der Waals surface area contributed by atoms with Gasteiger partial charge >= 0.3 is 0 Å². The van der Waals surface area contributed by atoms with Crippen molar-refractivity contribution < 1.29 is 0 Å². The van der Waals surface area contributed by atoms with E-state index in [2.05, 4.69) is 5.32 Å². The van der Waals surface area contributed by atoms with Gasteiger partial charge in [-0.1, -0.05) is 6.42 Å². The van der Waals surface area contributed by atoms with Crippen molar-refractivity contribution in [3.8, 4) is 0 Å². The SMILES string of the molecule is NCCCCCNC(N)CCCCN. The highest BCUT2D eigenvalue weighted by Gasteiger charge is 1.99. The molecule has 0 saturated heterocycles. The van der Waals surface area contributed by atoms with Crippen LogP contribution < -0.4 is 22.5 Å². The molecule has 0 aromatic carbocycles. The molecule has 0 aromatic heterocycles. The first-order valence-corrected chi connectivity index (χ1v) is 5.70. The Hall–Kier alpha value is -0.160. The minimum Gasteiger partial charge on any atom is -0.330 e. The largest absolute Gasteiger partial charge is 0.330 e. The molecule has 86 valence electrons. The summed E-state index contributed by atoms with van der Waals surface area (Å²) in [5, 5.41) is 3.30. The van der Waals surface area contributed by atoms with Crippen LogP contribution in [-0.4, -0.2) is 25.8 Å². The molecule has 0 bridgehead atoms. The molecule has 4 heteroatoms. The number of unbranched alkanes of at least 4 members (excludes halogenated alkanes) is 3. The summed E-state index contributed by atoms with van der Waals surface area (Å²) in [6.45, 7) is 2.57. The highest BCUT2D eigenvalue weighted by Crippen LogP contribution is 1.96. The lowest BCUT2D eigenvalue weighted by molar-refractivity contribution is 0.463. The van der Waals surface area contributed by atoms with Gasteiger partial charge in [-0.2, -0.15) is 0 Å². The monoisotopic (exact) mass is 202 g/mol. The van der Waals surface area contributed by atoms with Crippen LogP contribution in [0.1, 0.15) is 38.5 Å². The van der Waals surface area contributed by atoms with Gasteiger partial charge in [-0.3, -0.25) is 0 Å². The van der Waals surface area contributed by atoms with E-state index >= 15 is 0 Å². The average molecular weight is 202 g/mol. The van der Waals surface area contributed by atoms with E-state index in [4.69, 9.17) is 17.2 Å². The van der Waals surface area contributed by atoms with E-state index in [1.165, 1.54) is 12.8 Å². The fourth-order valence-electron chi connectivity index (χ4n) is 1.34. The van der Waals surface area contributed by atoms with Gasteiger partial charge in [-0.15, -0.1) is 0 Å². The summed E-state index contributed by atoms with van der Waals surface area (Å²) in [6, 6.07) is 0. The number of nitrogens with two attached hydrogens (primary N) is 3. The standard InChI is InChI=1S/C10H26N4/c11-7-3-1-5-9-14-10(13)6-2-4-8-12/h10,14H,1-9,11-13H2. The molecule has 0 aromatic rings. The molecular weight excluding hydrogens is 176 g/mol. The molecule has 1 unspecified atom stereocenters. The molecule has 4 nitrogen and oxygen atoms in total. The first kappa shape index (κ1) is 13.8. The molecule has 0 amide bonds. The maximum atomic E-state index is 5.85. The number of hydrogen-bond donors (Lipinski definition) is 4. The number of nitrogens with one attached hydrogen (secondary N) is 1. The van der Waals surface area contributed by atoms with Crippen molar-refractivity contribution in [2.24, 2.45) is 17.2 Å². The maximum absolute atomic E-state index is 5.85. The van der Waals surface area contributed by atoms with Gasteiger partial charge in [0.2, 0.25) is 0 Å². The van der Waals surface area contributed by atoms with Crippen LogP contribution >= 0.6 is 0 Å². The maximum Gasteiger partial charge on any atom is 0.0546 e. The van der Waals surface area contributed by atoms with Crippen molar-refractivity contribution >= 4 is 0 Å². The molecule has 0 aliphatic rings. The zero-order chi connectivity index (χ0) is 10.6. The van der Waals surface area contributed by atoms with E-state index in [9.17, 15) is 0 Å². The molecule has 0 rings (SSSR count). The first-order valence-electron chi connectivity index (χ1n) is 5.70. The molecule has 14 heavy (non-hydrogen) atoms. The zero-order valence-corrected chi connectivity index (χ0v) is 9.17. The van der Waals surface area contributed by atoms with Gasteiger partial charge in [0.1, 0.15) is 0 Å². The van der Waals surface area contributed by atoms with Gasteiger partial charge in [-0.05, 0) is 51.7 Å². The van der Waals surface area contributed by atoms with Crippen LogP contribution in [0, 0.1) is 0 Å². The molecule has 7 N–H and O–H groups in total. The quantitative estimate of drug-likeness (QED) is 0.299. The van der Waals surface area contributed by atoms with Gasteiger partial charge in [0, 0.05) is 0 Å². The lowest BCUT2D eigenvalue weighted by Gasteiger charge is -2.13. The Morgan fingerprint density at radius 2 is 1.50 bits per heavy atom. The van der Waals surface area contributed by atoms with Crippen LogP contribution in [0.5, 0.6) is 0 Å². The van der Waals surface area contributed by atoms with Crippen molar-refractivity contribution in [3.05, 3.63) is 0 Å². The van der Waals surface area contributed by atoms with Gasteiger partial charge in [-0.25, -0.2) is 0 Å². The average Bonchev–Trinajstić information content (AvgIpc) is 2.18. The predicted molar refractivity (Wildman–Crippen MR) is 61.8 cm³/mol. The molecule has 1 atom stereocenters. The topological polar surface area (TPSA) is 90.1 Å². The van der Waals surface area contributed by atoms with Crippen LogP contribution in [0.2, 0.25) is 0 Å². The molecular formula is C10H26N4. The summed E-state index contributed by atoms with van der Waals surface area (Å²) in [6.07, 6.45) is 6.83. The van der Waals surface area contributed by atoms with Crippen molar-refractivity contribution in [1.29, 1.82) is 0 Å². The summed E-state index contributed by atoms with van der Waals surface area (Å²) >= 11 is 0. The Morgan fingerprint density at radius 1 is 0.857 bits per heavy atom. The van der Waals surface area contributed by atoms with Crippen molar-refractivity contribution in [2.45, 2.75) is 44.7 Å². The van der Waals surface area contributed by atoms with Crippen LogP contribution in [0.4, 0.5) is 0 Å². The summed E-state index contributed by atoms with van der Waals surface area (Å²) in [5.74, 6) is 0. The van der Waals surface area contributed by atoms with Crippen LogP contribution in [-0.2, 0) is 0 Å². The van der Waals surface area contributed by atoms with E-state index in [-0.39, 0.29) is 6.17 Å². The van der Waals surface area contributed by atoms with Gasteiger partial charge in [0.05, 0.1) is 6.17 Å². The third-order valence-corrected chi connectivity index (χ3v) is 2.26. The summed E-state index contributed by atoms with van der Waals surface area (Å²) in [5.41, 5.74) is 16.6. The van der Waals surface area contributed by atoms with E-state index < -0.39 is 0 Å². The van der Waals surface area contributed by atoms with Crippen LogP contribution in [0.3, 0.4) is 0 Å². The first-order chi connectivity index (χ1) is 6.81. The summed E-state index contributed by atoms with van der Waals surface area (Å²) in [4.78, 5) is 0. The fourth-order valence-corrected chi connectivity index (χ4v) is 1.34. The van der Waals surface area contributed by atoms with Crippen molar-refractivity contribution in [2.75, 3.05) is 19.6 Å². The third kappa shape index (κ3) is 9.92. The van der Waals surface area contributed by atoms with Crippen LogP contribution in [0.15, 0.2) is 0 Å². The van der Waals surface area contributed by atoms with E-state index in [0.29, 0.717) is 0 Å². The van der Waals surface area contributed by atoms with Gasteiger partial charge in [0.15, 0.2) is 0 Å². The van der Waals surface area contributed by atoms with Gasteiger partial charge < -0.3 is 22.5 Å². The Kier molecular flexibility index (Phi) is 10.8.